The van der Waals surface area contributed by atoms with E-state index in [-0.39, 0.29) is 0 Å². The quantitative estimate of drug-likeness (QED) is 0.739. The maximum Gasteiger partial charge on any atom is 0.169 e. The molecule has 0 spiro atoms. The summed E-state index contributed by atoms with van der Waals surface area (Å²) < 4.78 is 3.14. The van der Waals surface area contributed by atoms with Gasteiger partial charge in [-0.3, -0.25) is 0 Å². The van der Waals surface area contributed by atoms with Crippen molar-refractivity contribution in [3.05, 3.63) is 64.4 Å². The Labute approximate surface area is 104 Å². The molecule has 16 heavy (non-hydrogen) atoms. The average Bonchev–Trinajstić information content (AvgIpc) is 2.30. The molecule has 0 aliphatic carbocycles. The van der Waals surface area contributed by atoms with Crippen LogP contribution in [0.25, 0.3) is 12.2 Å². The van der Waals surface area contributed by atoms with Gasteiger partial charge in [-0.15, -0.1) is 0 Å². The van der Waals surface area contributed by atoms with Crippen molar-refractivity contribution in [2.45, 2.75) is 0 Å². The van der Waals surface area contributed by atoms with E-state index in [9.17, 15) is 0 Å². The van der Waals surface area contributed by atoms with E-state index in [0.717, 1.165) is 4.47 Å². The van der Waals surface area contributed by atoms with Gasteiger partial charge in [-0.25, -0.2) is 4.57 Å². The number of aryl methyl sites for hydroxylation is 1. The summed E-state index contributed by atoms with van der Waals surface area (Å²) in [6.45, 7) is 0. The third-order valence-electron chi connectivity index (χ3n) is 2.36. The van der Waals surface area contributed by atoms with E-state index in [2.05, 4.69) is 46.3 Å². The standard InChI is InChI=1S/C14H13BrN/c1-16-10-8-12(9-11-16)6-7-13-4-2-3-5-14(13)15/h2-11H,1H3/q+1/b7-6+. The van der Waals surface area contributed by atoms with Gasteiger partial charge in [0.25, 0.3) is 0 Å². The number of nitrogens with zero attached hydrogens (tertiary/aromatic N) is 1. The van der Waals surface area contributed by atoms with Crippen LogP contribution in [0, 0.1) is 0 Å². The Morgan fingerprint density at radius 2 is 1.69 bits per heavy atom. The molecule has 80 valence electrons. The van der Waals surface area contributed by atoms with Gasteiger partial charge in [0.2, 0.25) is 0 Å². The number of pyridine rings is 1. The van der Waals surface area contributed by atoms with Gasteiger partial charge in [-0.2, -0.15) is 0 Å². The van der Waals surface area contributed by atoms with Crippen molar-refractivity contribution in [2.24, 2.45) is 7.05 Å². The van der Waals surface area contributed by atoms with E-state index in [4.69, 9.17) is 0 Å². The van der Waals surface area contributed by atoms with E-state index >= 15 is 0 Å². The zero-order chi connectivity index (χ0) is 11.4. The van der Waals surface area contributed by atoms with Crippen LogP contribution in [0.5, 0.6) is 0 Å². The topological polar surface area (TPSA) is 3.88 Å². The van der Waals surface area contributed by atoms with Crippen LogP contribution in [-0.2, 0) is 7.05 Å². The molecule has 1 heterocycles. The molecular weight excluding hydrogens is 262 g/mol. The molecule has 0 bridgehead atoms. The third kappa shape index (κ3) is 2.80. The first kappa shape index (κ1) is 11.1. The molecule has 1 aromatic heterocycles. The van der Waals surface area contributed by atoms with Gasteiger partial charge in [-0.1, -0.05) is 46.3 Å². The van der Waals surface area contributed by atoms with Crippen LogP contribution >= 0.6 is 15.9 Å². The Hall–Kier alpha value is -1.41. The molecular formula is C14H13BrN+. The lowest BCUT2D eigenvalue weighted by Crippen LogP contribution is -2.25. The van der Waals surface area contributed by atoms with Crippen molar-refractivity contribution < 1.29 is 4.57 Å². The van der Waals surface area contributed by atoms with Gasteiger partial charge in [0, 0.05) is 16.6 Å². The second kappa shape index (κ2) is 5.08. The summed E-state index contributed by atoms with van der Waals surface area (Å²) in [4.78, 5) is 0. The fourth-order valence-corrected chi connectivity index (χ4v) is 1.84. The normalized spacial score (nSPS) is 10.9. The van der Waals surface area contributed by atoms with Gasteiger partial charge in [-0.05, 0) is 17.2 Å². The maximum absolute atomic E-state index is 3.53. The summed E-state index contributed by atoms with van der Waals surface area (Å²) in [5.74, 6) is 0. The van der Waals surface area contributed by atoms with Crippen LogP contribution in [-0.4, -0.2) is 0 Å². The number of rotatable bonds is 2. The third-order valence-corrected chi connectivity index (χ3v) is 3.09. The molecule has 0 N–H and O–H groups in total. The smallest absolute Gasteiger partial charge is 0.169 e. The maximum atomic E-state index is 3.53. The minimum atomic E-state index is 1.12. The average molecular weight is 275 g/mol. The molecule has 0 atom stereocenters. The predicted octanol–water partition coefficient (Wildman–Crippen LogP) is 3.44. The van der Waals surface area contributed by atoms with Gasteiger partial charge < -0.3 is 0 Å². The SMILES string of the molecule is C[n+]1ccc(/C=C/c2ccccc2Br)cc1. The Morgan fingerprint density at radius 1 is 1.00 bits per heavy atom. The van der Waals surface area contributed by atoms with E-state index in [0.29, 0.717) is 0 Å². The van der Waals surface area contributed by atoms with Crippen molar-refractivity contribution in [3.63, 3.8) is 0 Å². The lowest BCUT2D eigenvalue weighted by Gasteiger charge is -1.96. The largest absolute Gasteiger partial charge is 0.208 e. The number of halogens is 1. The molecule has 0 aliphatic rings. The van der Waals surface area contributed by atoms with E-state index in [1.807, 2.05) is 42.2 Å². The highest BCUT2D eigenvalue weighted by atomic mass is 79.9. The highest BCUT2D eigenvalue weighted by Crippen LogP contribution is 2.18. The summed E-state index contributed by atoms with van der Waals surface area (Å²) in [5.41, 5.74) is 2.39. The first-order chi connectivity index (χ1) is 7.75. The Kier molecular flexibility index (Phi) is 3.52. The van der Waals surface area contributed by atoms with Crippen molar-refractivity contribution in [1.82, 2.24) is 0 Å². The van der Waals surface area contributed by atoms with Crippen LogP contribution in [0.2, 0.25) is 0 Å². The number of benzene rings is 1. The Morgan fingerprint density at radius 3 is 2.38 bits per heavy atom. The monoisotopic (exact) mass is 274 g/mol. The lowest BCUT2D eigenvalue weighted by molar-refractivity contribution is -0.671. The van der Waals surface area contributed by atoms with Crippen LogP contribution in [0.1, 0.15) is 11.1 Å². The van der Waals surface area contributed by atoms with Crippen LogP contribution in [0.4, 0.5) is 0 Å². The van der Waals surface area contributed by atoms with E-state index in [1.165, 1.54) is 11.1 Å². The Balaban J connectivity index is 2.21. The van der Waals surface area contributed by atoms with Crippen molar-refractivity contribution >= 4 is 28.1 Å². The highest BCUT2D eigenvalue weighted by molar-refractivity contribution is 9.10. The fourth-order valence-electron chi connectivity index (χ4n) is 1.42. The first-order valence-corrected chi connectivity index (χ1v) is 5.93. The van der Waals surface area contributed by atoms with Crippen molar-refractivity contribution in [1.29, 1.82) is 0 Å². The van der Waals surface area contributed by atoms with Crippen LogP contribution < -0.4 is 4.57 Å². The molecule has 0 amide bonds. The van der Waals surface area contributed by atoms with Gasteiger partial charge in [0.1, 0.15) is 7.05 Å². The molecule has 2 aromatic rings. The zero-order valence-electron chi connectivity index (χ0n) is 9.10. The fraction of sp³-hybridized carbons (Fsp3) is 0.0714. The van der Waals surface area contributed by atoms with Gasteiger partial charge in [0.15, 0.2) is 12.4 Å². The molecule has 2 heteroatoms. The van der Waals surface area contributed by atoms with Crippen molar-refractivity contribution in [2.75, 3.05) is 0 Å². The van der Waals surface area contributed by atoms with Gasteiger partial charge >= 0.3 is 0 Å². The molecule has 0 aliphatic heterocycles. The molecule has 0 unspecified atom stereocenters. The molecule has 0 fully saturated rings. The predicted molar refractivity (Wildman–Crippen MR) is 70.7 cm³/mol. The zero-order valence-corrected chi connectivity index (χ0v) is 10.7. The highest BCUT2D eigenvalue weighted by Gasteiger charge is 1.94. The molecule has 0 radical (unpaired) electrons. The lowest BCUT2D eigenvalue weighted by atomic mass is 10.1. The Bertz CT molecular complexity index is 500. The molecule has 1 aromatic carbocycles. The van der Waals surface area contributed by atoms with Crippen molar-refractivity contribution in [3.8, 4) is 0 Å². The van der Waals surface area contributed by atoms with Crippen LogP contribution in [0.15, 0.2) is 53.3 Å². The van der Waals surface area contributed by atoms with E-state index < -0.39 is 0 Å². The summed E-state index contributed by atoms with van der Waals surface area (Å²) >= 11 is 3.53. The number of aromatic nitrogens is 1. The molecule has 1 nitrogen and oxygen atoms in total. The second-order valence-corrected chi connectivity index (χ2v) is 4.51. The summed E-state index contributed by atoms with van der Waals surface area (Å²) in [5, 5.41) is 0. The molecule has 2 rings (SSSR count). The summed E-state index contributed by atoms with van der Waals surface area (Å²) in [6, 6.07) is 12.4. The second-order valence-electron chi connectivity index (χ2n) is 3.65. The minimum absolute atomic E-state index is 1.12. The molecule has 0 saturated carbocycles. The summed E-state index contributed by atoms with van der Waals surface area (Å²) in [7, 11) is 2.02. The van der Waals surface area contributed by atoms with Crippen LogP contribution in [0.3, 0.4) is 0 Å². The van der Waals surface area contributed by atoms with E-state index in [1.54, 1.807) is 0 Å². The molecule has 0 saturated heterocycles. The first-order valence-electron chi connectivity index (χ1n) is 5.13. The number of hydrogen-bond donors (Lipinski definition) is 0. The summed E-state index contributed by atoms with van der Waals surface area (Å²) in [6.07, 6.45) is 8.30. The van der Waals surface area contributed by atoms with Gasteiger partial charge in [0.05, 0.1) is 0 Å². The number of hydrogen-bond acceptors (Lipinski definition) is 0. The minimum Gasteiger partial charge on any atom is -0.208 e.